The van der Waals surface area contributed by atoms with E-state index in [1.54, 1.807) is 18.6 Å². The molecule has 2 aromatic rings. The van der Waals surface area contributed by atoms with Crippen molar-refractivity contribution in [2.45, 2.75) is 13.0 Å². The lowest BCUT2D eigenvalue weighted by atomic mass is 10.2. The Balaban J connectivity index is 1.92. The van der Waals surface area contributed by atoms with Crippen molar-refractivity contribution >= 4 is 5.90 Å². The van der Waals surface area contributed by atoms with Crippen LogP contribution < -0.4 is 0 Å². The molecule has 0 aromatic carbocycles. The second kappa shape index (κ2) is 3.97. The van der Waals surface area contributed by atoms with Crippen LogP contribution in [0.2, 0.25) is 0 Å². The molecule has 17 heavy (non-hydrogen) atoms. The van der Waals surface area contributed by atoms with Gasteiger partial charge in [0.1, 0.15) is 5.76 Å². The quantitative estimate of drug-likeness (QED) is 0.793. The molecule has 3 rings (SSSR count). The van der Waals surface area contributed by atoms with E-state index in [4.69, 9.17) is 13.6 Å². The van der Waals surface area contributed by atoms with Crippen molar-refractivity contribution in [2.75, 3.05) is 0 Å². The van der Waals surface area contributed by atoms with Gasteiger partial charge in [0.15, 0.2) is 11.9 Å². The molecule has 4 nitrogen and oxygen atoms in total. The van der Waals surface area contributed by atoms with E-state index in [-0.39, 0.29) is 6.10 Å². The van der Waals surface area contributed by atoms with Crippen molar-refractivity contribution < 1.29 is 13.6 Å². The number of allylic oxidation sites excluding steroid dienone is 1. The third kappa shape index (κ3) is 1.89. The average Bonchev–Trinajstić information content (AvgIpc) is 3.02. The summed E-state index contributed by atoms with van der Waals surface area (Å²) >= 11 is 0. The number of aliphatic imine (C=N–C) groups is 1. The number of furan rings is 2. The molecule has 0 N–H and O–H groups in total. The molecule has 3 heterocycles. The van der Waals surface area contributed by atoms with Gasteiger partial charge in [0.05, 0.1) is 12.5 Å². The number of nitrogens with zero attached hydrogens (tertiary/aromatic N) is 1. The fourth-order valence-corrected chi connectivity index (χ4v) is 1.70. The van der Waals surface area contributed by atoms with Crippen molar-refractivity contribution in [1.82, 2.24) is 0 Å². The molecule has 0 saturated heterocycles. The fourth-order valence-electron chi connectivity index (χ4n) is 1.70. The van der Waals surface area contributed by atoms with Gasteiger partial charge in [-0.2, -0.15) is 0 Å². The minimum Gasteiger partial charge on any atom is -0.465 e. The molecule has 1 aliphatic rings. The van der Waals surface area contributed by atoms with Crippen molar-refractivity contribution in [3.8, 4) is 0 Å². The van der Waals surface area contributed by atoms with Crippen molar-refractivity contribution in [1.29, 1.82) is 0 Å². The van der Waals surface area contributed by atoms with Crippen molar-refractivity contribution in [3.05, 3.63) is 60.1 Å². The highest BCUT2D eigenvalue weighted by atomic mass is 16.5. The lowest BCUT2D eigenvalue weighted by molar-refractivity contribution is 0.200. The number of ether oxygens (including phenoxy) is 1. The van der Waals surface area contributed by atoms with E-state index in [1.807, 2.05) is 31.2 Å². The first-order valence-corrected chi connectivity index (χ1v) is 5.34. The van der Waals surface area contributed by atoms with E-state index in [9.17, 15) is 0 Å². The normalized spacial score (nSPS) is 19.5. The second-order valence-corrected chi connectivity index (χ2v) is 3.76. The van der Waals surface area contributed by atoms with Gasteiger partial charge in [-0.3, -0.25) is 0 Å². The van der Waals surface area contributed by atoms with Crippen LogP contribution in [0.1, 0.15) is 24.5 Å². The van der Waals surface area contributed by atoms with E-state index in [0.29, 0.717) is 11.7 Å². The van der Waals surface area contributed by atoms with E-state index in [1.165, 1.54) is 0 Å². The Hall–Kier alpha value is -2.23. The average molecular weight is 229 g/mol. The maximum Gasteiger partial charge on any atom is 0.258 e. The Morgan fingerprint density at radius 3 is 2.65 bits per heavy atom. The Labute approximate surface area is 98.2 Å². The maximum atomic E-state index is 5.73. The monoisotopic (exact) mass is 229 g/mol. The molecule has 0 amide bonds. The molecule has 0 bridgehead atoms. The first kappa shape index (κ1) is 9.96. The van der Waals surface area contributed by atoms with Gasteiger partial charge in [-0.15, -0.1) is 0 Å². The van der Waals surface area contributed by atoms with Crippen LogP contribution in [-0.4, -0.2) is 5.90 Å². The van der Waals surface area contributed by atoms with Gasteiger partial charge in [-0.05, 0) is 37.3 Å². The summed E-state index contributed by atoms with van der Waals surface area (Å²) in [6.07, 6.45) is 4.88. The molecule has 4 heteroatoms. The lowest BCUT2D eigenvalue weighted by Gasteiger charge is -2.18. The predicted octanol–water partition coefficient (Wildman–Crippen LogP) is 3.29. The molecule has 0 aliphatic carbocycles. The topological polar surface area (TPSA) is 47.9 Å². The predicted molar refractivity (Wildman–Crippen MR) is 61.5 cm³/mol. The van der Waals surface area contributed by atoms with Crippen LogP contribution in [-0.2, 0) is 4.74 Å². The van der Waals surface area contributed by atoms with Crippen LogP contribution in [0, 0.1) is 0 Å². The Morgan fingerprint density at radius 2 is 1.94 bits per heavy atom. The molecule has 1 unspecified atom stereocenters. The molecule has 0 spiro atoms. The summed E-state index contributed by atoms with van der Waals surface area (Å²) < 4.78 is 16.3. The van der Waals surface area contributed by atoms with Gasteiger partial charge in [0, 0.05) is 5.70 Å². The summed E-state index contributed by atoms with van der Waals surface area (Å²) in [5, 5.41) is 0. The van der Waals surface area contributed by atoms with E-state index in [2.05, 4.69) is 4.99 Å². The molecule has 1 aliphatic heterocycles. The van der Waals surface area contributed by atoms with Crippen LogP contribution in [0.15, 0.2) is 62.4 Å². The third-order valence-corrected chi connectivity index (χ3v) is 2.46. The molecular formula is C13H11NO3. The Kier molecular flexibility index (Phi) is 2.33. The Bertz CT molecular complexity index is 550. The zero-order valence-corrected chi connectivity index (χ0v) is 9.29. The molecule has 2 aromatic heterocycles. The van der Waals surface area contributed by atoms with Gasteiger partial charge in [-0.1, -0.05) is 0 Å². The molecular weight excluding hydrogens is 218 g/mol. The maximum absolute atomic E-state index is 5.73. The first-order valence-electron chi connectivity index (χ1n) is 5.34. The zero-order chi connectivity index (χ0) is 11.7. The standard InChI is InChI=1S/C13H11NO3/c1-9-8-12(10-4-2-6-15-10)17-13(14-9)11-5-3-7-16-11/h2-8,12H,1H3. The smallest absolute Gasteiger partial charge is 0.258 e. The highest BCUT2D eigenvalue weighted by molar-refractivity contribution is 5.92. The second-order valence-electron chi connectivity index (χ2n) is 3.76. The summed E-state index contributed by atoms with van der Waals surface area (Å²) in [5.41, 5.74) is 0.879. The largest absolute Gasteiger partial charge is 0.465 e. The zero-order valence-electron chi connectivity index (χ0n) is 9.29. The van der Waals surface area contributed by atoms with Crippen LogP contribution in [0.5, 0.6) is 0 Å². The van der Waals surface area contributed by atoms with E-state index < -0.39 is 0 Å². The summed E-state index contributed by atoms with van der Waals surface area (Å²) in [6.45, 7) is 1.92. The van der Waals surface area contributed by atoms with Crippen LogP contribution in [0.3, 0.4) is 0 Å². The third-order valence-electron chi connectivity index (χ3n) is 2.46. The number of hydrogen-bond donors (Lipinski definition) is 0. The SMILES string of the molecule is CC1=CC(c2ccco2)OC(c2ccco2)=N1. The minimum atomic E-state index is -0.248. The molecule has 0 saturated carbocycles. The summed E-state index contributed by atoms with van der Waals surface area (Å²) in [4.78, 5) is 4.30. The van der Waals surface area contributed by atoms with E-state index >= 15 is 0 Å². The van der Waals surface area contributed by atoms with E-state index in [0.717, 1.165) is 11.5 Å². The number of hydrogen-bond acceptors (Lipinski definition) is 4. The fraction of sp³-hybridized carbons (Fsp3) is 0.154. The van der Waals surface area contributed by atoms with Gasteiger partial charge in [0.25, 0.3) is 5.90 Å². The van der Waals surface area contributed by atoms with Gasteiger partial charge < -0.3 is 13.6 Å². The molecule has 0 radical (unpaired) electrons. The Morgan fingerprint density at radius 1 is 1.12 bits per heavy atom. The van der Waals surface area contributed by atoms with Crippen LogP contribution >= 0.6 is 0 Å². The van der Waals surface area contributed by atoms with Crippen LogP contribution in [0.4, 0.5) is 0 Å². The van der Waals surface area contributed by atoms with Crippen molar-refractivity contribution in [3.63, 3.8) is 0 Å². The highest BCUT2D eigenvalue weighted by Gasteiger charge is 2.22. The highest BCUT2D eigenvalue weighted by Crippen LogP contribution is 2.27. The minimum absolute atomic E-state index is 0.248. The van der Waals surface area contributed by atoms with Gasteiger partial charge in [-0.25, -0.2) is 4.99 Å². The summed E-state index contributed by atoms with van der Waals surface area (Å²) in [7, 11) is 0. The summed E-state index contributed by atoms with van der Waals surface area (Å²) in [6, 6.07) is 7.33. The number of rotatable bonds is 2. The van der Waals surface area contributed by atoms with Gasteiger partial charge >= 0.3 is 0 Å². The molecule has 86 valence electrons. The molecule has 1 atom stereocenters. The van der Waals surface area contributed by atoms with Crippen molar-refractivity contribution in [2.24, 2.45) is 4.99 Å². The van der Waals surface area contributed by atoms with Gasteiger partial charge in [0.2, 0.25) is 0 Å². The molecule has 0 fully saturated rings. The lowest BCUT2D eigenvalue weighted by Crippen LogP contribution is -2.14. The first-order chi connectivity index (χ1) is 8.33. The summed E-state index contributed by atoms with van der Waals surface area (Å²) in [5.74, 6) is 1.86. The van der Waals surface area contributed by atoms with Crippen LogP contribution in [0.25, 0.3) is 0 Å².